The minimum atomic E-state index is -0.157. The fourth-order valence-corrected chi connectivity index (χ4v) is 3.10. The Morgan fingerprint density at radius 2 is 1.96 bits per heavy atom. The number of ether oxygens (including phenoxy) is 1. The van der Waals surface area contributed by atoms with Gasteiger partial charge in [0, 0.05) is 28.4 Å². The van der Waals surface area contributed by atoms with Crippen LogP contribution in [0.15, 0.2) is 48.5 Å². The normalized spacial score (nSPS) is 16.5. The highest BCUT2D eigenvalue weighted by Crippen LogP contribution is 2.32. The van der Waals surface area contributed by atoms with E-state index in [1.54, 1.807) is 37.5 Å². The Kier molecular flexibility index (Phi) is 4.33. The van der Waals surface area contributed by atoms with Crippen LogP contribution >= 0.6 is 0 Å². The molecule has 1 aliphatic rings. The molecule has 0 saturated heterocycles. The third-order valence-corrected chi connectivity index (χ3v) is 4.28. The second kappa shape index (κ2) is 6.45. The van der Waals surface area contributed by atoms with Crippen LogP contribution in [0.5, 0.6) is 5.75 Å². The number of hydrogen-bond acceptors (Lipinski definition) is 4. The predicted molar refractivity (Wildman–Crippen MR) is 97.4 cm³/mol. The topological polar surface area (TPSA) is 62.1 Å². The van der Waals surface area contributed by atoms with Gasteiger partial charge in [0.2, 0.25) is 0 Å². The van der Waals surface area contributed by atoms with Gasteiger partial charge in [0.15, 0.2) is 5.78 Å². The molecule has 4 heteroatoms. The number of rotatable bonds is 3. The van der Waals surface area contributed by atoms with Gasteiger partial charge in [-0.05, 0) is 68.3 Å². The summed E-state index contributed by atoms with van der Waals surface area (Å²) in [6.45, 7) is 4.21. The Morgan fingerprint density at radius 3 is 2.60 bits per heavy atom. The molecule has 0 aromatic heterocycles. The lowest BCUT2D eigenvalue weighted by Gasteiger charge is -2.35. The number of carbonyl (C=O) groups is 1. The standard InChI is InChI=1S/C21H20N2O2/c1-21(2)12-16-10-17(25-3)8-9-18(16)19(23-21)11-20(24)15-6-4-14(13-22)5-7-15/h4-11,23H,12H2,1-3H3. The van der Waals surface area contributed by atoms with E-state index in [-0.39, 0.29) is 11.3 Å². The van der Waals surface area contributed by atoms with Crippen LogP contribution in [0.4, 0.5) is 0 Å². The molecule has 2 aromatic carbocycles. The van der Waals surface area contributed by atoms with Gasteiger partial charge in [0.1, 0.15) is 5.75 Å². The summed E-state index contributed by atoms with van der Waals surface area (Å²) in [5.74, 6) is 0.723. The molecule has 0 amide bonds. The first-order chi connectivity index (χ1) is 11.9. The summed E-state index contributed by atoms with van der Waals surface area (Å²) < 4.78 is 5.32. The van der Waals surface area contributed by atoms with Gasteiger partial charge in [-0.25, -0.2) is 0 Å². The van der Waals surface area contributed by atoms with Crippen molar-refractivity contribution in [3.63, 3.8) is 0 Å². The summed E-state index contributed by atoms with van der Waals surface area (Å²) in [4.78, 5) is 12.6. The Bertz CT molecular complexity index is 887. The van der Waals surface area contributed by atoms with Crippen molar-refractivity contribution in [2.45, 2.75) is 25.8 Å². The zero-order valence-corrected chi connectivity index (χ0v) is 14.6. The van der Waals surface area contributed by atoms with Crippen molar-refractivity contribution in [2.75, 3.05) is 7.11 Å². The largest absolute Gasteiger partial charge is 0.497 e. The summed E-state index contributed by atoms with van der Waals surface area (Å²) in [5.41, 5.74) is 3.92. The average molecular weight is 332 g/mol. The van der Waals surface area contributed by atoms with Gasteiger partial charge in [-0.2, -0.15) is 5.26 Å². The summed E-state index contributed by atoms with van der Waals surface area (Å²) in [5, 5.41) is 12.3. The van der Waals surface area contributed by atoms with E-state index in [2.05, 4.69) is 25.2 Å². The van der Waals surface area contributed by atoms with E-state index in [0.717, 1.165) is 29.0 Å². The van der Waals surface area contributed by atoms with Crippen molar-refractivity contribution in [1.82, 2.24) is 5.32 Å². The minimum Gasteiger partial charge on any atom is -0.497 e. The van der Waals surface area contributed by atoms with Crippen LogP contribution in [0.25, 0.3) is 5.70 Å². The number of benzene rings is 2. The second-order valence-electron chi connectivity index (χ2n) is 6.82. The second-order valence-corrected chi connectivity index (χ2v) is 6.82. The van der Waals surface area contributed by atoms with Crippen molar-refractivity contribution in [3.05, 3.63) is 70.8 Å². The molecular formula is C21H20N2O2. The van der Waals surface area contributed by atoms with E-state index >= 15 is 0 Å². The molecular weight excluding hydrogens is 312 g/mol. The SMILES string of the molecule is COc1ccc2c(c1)CC(C)(C)NC2=CC(=O)c1ccc(C#N)cc1. The maximum atomic E-state index is 12.6. The van der Waals surface area contributed by atoms with Gasteiger partial charge in [0.25, 0.3) is 0 Å². The number of methoxy groups -OCH3 is 1. The van der Waals surface area contributed by atoms with Gasteiger partial charge < -0.3 is 10.1 Å². The van der Waals surface area contributed by atoms with Crippen molar-refractivity contribution in [3.8, 4) is 11.8 Å². The van der Waals surface area contributed by atoms with Crippen LogP contribution in [0.3, 0.4) is 0 Å². The Balaban J connectivity index is 1.99. The lowest BCUT2D eigenvalue weighted by molar-refractivity contribution is 0.104. The smallest absolute Gasteiger partial charge is 0.187 e. The minimum absolute atomic E-state index is 0.0912. The number of carbonyl (C=O) groups excluding carboxylic acids is 1. The number of fused-ring (bicyclic) bond motifs is 1. The number of nitrogens with zero attached hydrogens (tertiary/aromatic N) is 1. The molecule has 25 heavy (non-hydrogen) atoms. The highest BCUT2D eigenvalue weighted by atomic mass is 16.5. The van der Waals surface area contributed by atoms with Gasteiger partial charge in [-0.15, -0.1) is 0 Å². The Labute approximate surface area is 147 Å². The van der Waals surface area contributed by atoms with Crippen molar-refractivity contribution < 1.29 is 9.53 Å². The molecule has 3 rings (SSSR count). The molecule has 126 valence electrons. The van der Waals surface area contributed by atoms with E-state index in [9.17, 15) is 4.79 Å². The highest BCUT2D eigenvalue weighted by molar-refractivity contribution is 6.08. The molecule has 1 N–H and O–H groups in total. The molecule has 0 saturated carbocycles. The zero-order valence-electron chi connectivity index (χ0n) is 14.6. The Morgan fingerprint density at radius 1 is 1.24 bits per heavy atom. The molecule has 0 aliphatic carbocycles. The van der Waals surface area contributed by atoms with E-state index < -0.39 is 0 Å². The maximum Gasteiger partial charge on any atom is 0.187 e. The molecule has 0 atom stereocenters. The number of nitrogens with one attached hydrogen (secondary N) is 1. The van der Waals surface area contributed by atoms with Gasteiger partial charge in [0.05, 0.1) is 18.7 Å². The number of ketones is 1. The first kappa shape index (κ1) is 16.8. The molecule has 0 bridgehead atoms. The van der Waals surface area contributed by atoms with Gasteiger partial charge >= 0.3 is 0 Å². The summed E-state index contributed by atoms with van der Waals surface area (Å²) in [6, 6.07) is 14.6. The van der Waals surface area contributed by atoms with Crippen LogP contribution in [0.2, 0.25) is 0 Å². The van der Waals surface area contributed by atoms with E-state index in [4.69, 9.17) is 10.00 Å². The van der Waals surface area contributed by atoms with Crippen LogP contribution in [0.1, 0.15) is 40.9 Å². The lowest BCUT2D eigenvalue weighted by Crippen LogP contribution is -2.43. The molecule has 0 radical (unpaired) electrons. The number of hydrogen-bond donors (Lipinski definition) is 1. The third-order valence-electron chi connectivity index (χ3n) is 4.28. The third kappa shape index (κ3) is 3.56. The lowest BCUT2D eigenvalue weighted by atomic mass is 9.85. The summed E-state index contributed by atoms with van der Waals surface area (Å²) in [6.07, 6.45) is 2.48. The van der Waals surface area contributed by atoms with Gasteiger partial charge in [-0.3, -0.25) is 4.79 Å². The van der Waals surface area contributed by atoms with Crippen molar-refractivity contribution >= 4 is 11.5 Å². The summed E-state index contributed by atoms with van der Waals surface area (Å²) in [7, 11) is 1.65. The molecule has 2 aromatic rings. The van der Waals surface area contributed by atoms with Gasteiger partial charge in [-0.1, -0.05) is 0 Å². The maximum absolute atomic E-state index is 12.6. The first-order valence-electron chi connectivity index (χ1n) is 8.13. The molecule has 0 unspecified atom stereocenters. The number of allylic oxidation sites excluding steroid dienone is 1. The molecule has 1 heterocycles. The quantitative estimate of drug-likeness (QED) is 0.687. The molecule has 0 spiro atoms. The van der Waals surface area contributed by atoms with Crippen LogP contribution in [-0.4, -0.2) is 18.4 Å². The van der Waals surface area contributed by atoms with E-state index in [0.29, 0.717) is 11.1 Å². The zero-order chi connectivity index (χ0) is 18.0. The first-order valence-corrected chi connectivity index (χ1v) is 8.13. The van der Waals surface area contributed by atoms with E-state index in [1.807, 2.05) is 18.2 Å². The van der Waals surface area contributed by atoms with Crippen molar-refractivity contribution in [1.29, 1.82) is 5.26 Å². The fraction of sp³-hybridized carbons (Fsp3) is 0.238. The summed E-state index contributed by atoms with van der Waals surface area (Å²) >= 11 is 0. The van der Waals surface area contributed by atoms with Crippen LogP contribution in [0, 0.1) is 11.3 Å². The van der Waals surface area contributed by atoms with Crippen molar-refractivity contribution in [2.24, 2.45) is 0 Å². The molecule has 1 aliphatic heterocycles. The highest BCUT2D eigenvalue weighted by Gasteiger charge is 2.28. The van der Waals surface area contributed by atoms with Crippen LogP contribution < -0.4 is 10.1 Å². The monoisotopic (exact) mass is 332 g/mol. The van der Waals surface area contributed by atoms with E-state index in [1.165, 1.54) is 0 Å². The predicted octanol–water partition coefficient (Wildman–Crippen LogP) is 3.71. The molecule has 4 nitrogen and oxygen atoms in total. The average Bonchev–Trinajstić information content (AvgIpc) is 2.60. The fourth-order valence-electron chi connectivity index (χ4n) is 3.10. The molecule has 0 fully saturated rings. The Hall–Kier alpha value is -3.06. The van der Waals surface area contributed by atoms with Crippen LogP contribution in [-0.2, 0) is 6.42 Å². The number of nitriles is 1.